The van der Waals surface area contributed by atoms with Crippen LogP contribution < -0.4 is 16.4 Å². The Morgan fingerprint density at radius 3 is 2.37 bits per heavy atom. The zero-order valence-corrected chi connectivity index (χ0v) is 23.4. The highest BCUT2D eigenvalue weighted by molar-refractivity contribution is 6.31. The number of nitrogen functional groups attached to an aromatic ring is 1. The molecule has 1 aromatic heterocycles. The van der Waals surface area contributed by atoms with Crippen LogP contribution in [0.25, 0.3) is 11.1 Å². The zero-order chi connectivity index (χ0) is 29.7. The summed E-state index contributed by atoms with van der Waals surface area (Å²) in [5, 5.41) is 5.12. The van der Waals surface area contributed by atoms with E-state index < -0.39 is 35.2 Å². The van der Waals surface area contributed by atoms with E-state index >= 15 is 4.39 Å². The van der Waals surface area contributed by atoms with E-state index in [2.05, 4.69) is 15.6 Å². The molecule has 0 saturated heterocycles. The van der Waals surface area contributed by atoms with Gasteiger partial charge in [0.2, 0.25) is 5.91 Å². The number of hydrogen-bond acceptors (Lipinski definition) is 5. The molecule has 4 N–H and O–H groups in total. The van der Waals surface area contributed by atoms with E-state index in [0.717, 1.165) is 11.6 Å². The Bertz CT molecular complexity index is 1560. The summed E-state index contributed by atoms with van der Waals surface area (Å²) in [6, 6.07) is 19.0. The molecule has 0 aliphatic rings. The molecule has 0 aliphatic heterocycles. The number of nitrogens with zero attached hydrogens (tertiary/aromatic N) is 1. The average Bonchev–Trinajstić information content (AvgIpc) is 2.91. The third-order valence-corrected chi connectivity index (χ3v) is 6.33. The van der Waals surface area contributed by atoms with Gasteiger partial charge in [0, 0.05) is 17.3 Å². The Hall–Kier alpha value is -4.50. The van der Waals surface area contributed by atoms with Gasteiger partial charge in [0.1, 0.15) is 11.4 Å². The summed E-state index contributed by atoms with van der Waals surface area (Å²) in [5.74, 6) is -2.55. The van der Waals surface area contributed by atoms with E-state index in [1.54, 1.807) is 32.9 Å². The number of rotatable bonds is 7. The third-order valence-electron chi connectivity index (χ3n) is 6.03. The van der Waals surface area contributed by atoms with Gasteiger partial charge in [0.25, 0.3) is 0 Å². The summed E-state index contributed by atoms with van der Waals surface area (Å²) in [4.78, 5) is 30.4. The van der Waals surface area contributed by atoms with Crippen molar-refractivity contribution < 1.29 is 23.1 Å². The number of nitrogens with one attached hydrogen (secondary N) is 2. The number of carbonyl (C=O) groups is 2. The Labute approximate surface area is 241 Å². The summed E-state index contributed by atoms with van der Waals surface area (Å²) in [7, 11) is 0. The highest BCUT2D eigenvalue weighted by Gasteiger charge is 2.25. The predicted molar refractivity (Wildman–Crippen MR) is 157 cm³/mol. The predicted octanol–water partition coefficient (Wildman–Crippen LogP) is 7.57. The molecule has 0 spiro atoms. The molecule has 7 nitrogen and oxygen atoms in total. The molecule has 3 aromatic carbocycles. The minimum absolute atomic E-state index is 0.0130. The Morgan fingerprint density at radius 1 is 0.976 bits per heavy atom. The van der Waals surface area contributed by atoms with Gasteiger partial charge in [-0.3, -0.25) is 15.1 Å². The molecule has 0 fully saturated rings. The third kappa shape index (κ3) is 7.58. The smallest absolute Gasteiger partial charge is 0.412 e. The number of anilines is 3. The highest BCUT2D eigenvalue weighted by Crippen LogP contribution is 2.35. The lowest BCUT2D eigenvalue weighted by molar-refractivity contribution is -0.117. The van der Waals surface area contributed by atoms with Crippen LogP contribution in [0.1, 0.15) is 37.9 Å². The highest BCUT2D eigenvalue weighted by atomic mass is 35.5. The molecular formula is C31H29ClF2N4O3. The molecule has 1 unspecified atom stereocenters. The summed E-state index contributed by atoms with van der Waals surface area (Å²) in [5.41, 5.74) is 7.25. The van der Waals surface area contributed by atoms with E-state index in [4.69, 9.17) is 22.1 Å². The number of carbonyl (C=O) groups excluding carboxylic acids is 2. The lowest BCUT2D eigenvalue weighted by Crippen LogP contribution is -2.27. The summed E-state index contributed by atoms with van der Waals surface area (Å²) < 4.78 is 34.4. The molecule has 10 heteroatoms. The first-order valence-corrected chi connectivity index (χ1v) is 13.1. The zero-order valence-electron chi connectivity index (χ0n) is 22.7. The number of pyridine rings is 1. The molecule has 0 bridgehead atoms. The first kappa shape index (κ1) is 29.5. The minimum Gasteiger partial charge on any atom is -0.444 e. The van der Waals surface area contributed by atoms with Gasteiger partial charge >= 0.3 is 6.09 Å². The van der Waals surface area contributed by atoms with Crippen molar-refractivity contribution in [3.8, 4) is 11.1 Å². The lowest BCUT2D eigenvalue weighted by atomic mass is 9.93. The van der Waals surface area contributed by atoms with Crippen molar-refractivity contribution in [1.29, 1.82) is 0 Å². The maximum absolute atomic E-state index is 15.3. The molecule has 41 heavy (non-hydrogen) atoms. The van der Waals surface area contributed by atoms with Gasteiger partial charge in [0.05, 0.1) is 33.7 Å². The number of hydrogen-bond donors (Lipinski definition) is 3. The summed E-state index contributed by atoms with van der Waals surface area (Å²) in [6.45, 7) is 5.13. The summed E-state index contributed by atoms with van der Waals surface area (Å²) in [6.07, 6.45) is 0.915. The van der Waals surface area contributed by atoms with Gasteiger partial charge in [0.15, 0.2) is 5.82 Å². The van der Waals surface area contributed by atoms with Crippen molar-refractivity contribution in [3.63, 3.8) is 0 Å². The second kappa shape index (κ2) is 12.3. The van der Waals surface area contributed by atoms with Gasteiger partial charge in [-0.2, -0.15) is 0 Å². The lowest BCUT2D eigenvalue weighted by Gasteiger charge is -2.21. The first-order valence-electron chi connectivity index (χ1n) is 12.8. The molecule has 4 aromatic rings. The molecule has 0 saturated carbocycles. The Morgan fingerprint density at radius 2 is 1.71 bits per heavy atom. The fourth-order valence-corrected chi connectivity index (χ4v) is 4.31. The van der Waals surface area contributed by atoms with Crippen LogP contribution in [0.5, 0.6) is 0 Å². The van der Waals surface area contributed by atoms with Crippen LogP contribution in [-0.2, 0) is 16.0 Å². The summed E-state index contributed by atoms with van der Waals surface area (Å²) >= 11 is 6.06. The molecule has 2 amide bonds. The number of nitrogens with two attached hydrogens (primary N) is 1. The van der Waals surface area contributed by atoms with Crippen LogP contribution in [0.4, 0.5) is 30.6 Å². The van der Waals surface area contributed by atoms with Crippen LogP contribution in [0.15, 0.2) is 79.0 Å². The average molecular weight is 579 g/mol. The van der Waals surface area contributed by atoms with Crippen molar-refractivity contribution in [2.75, 3.05) is 16.4 Å². The fourth-order valence-electron chi connectivity index (χ4n) is 4.15. The maximum atomic E-state index is 15.3. The molecular weight excluding hydrogens is 550 g/mol. The van der Waals surface area contributed by atoms with Crippen LogP contribution in [0.3, 0.4) is 0 Å². The fraction of sp³-hybridized carbons (Fsp3) is 0.194. The van der Waals surface area contributed by atoms with E-state index in [1.807, 2.05) is 30.3 Å². The van der Waals surface area contributed by atoms with E-state index in [1.165, 1.54) is 30.5 Å². The second-order valence-electron chi connectivity index (χ2n) is 10.3. The van der Waals surface area contributed by atoms with Gasteiger partial charge in [-0.05, 0) is 69.2 Å². The van der Waals surface area contributed by atoms with Crippen molar-refractivity contribution in [2.45, 2.75) is 38.7 Å². The van der Waals surface area contributed by atoms with E-state index in [-0.39, 0.29) is 34.1 Å². The normalized spacial score (nSPS) is 12.0. The van der Waals surface area contributed by atoms with Crippen LogP contribution >= 0.6 is 11.6 Å². The van der Waals surface area contributed by atoms with Crippen LogP contribution in [0, 0.1) is 11.6 Å². The van der Waals surface area contributed by atoms with Crippen molar-refractivity contribution in [2.24, 2.45) is 0 Å². The SMILES string of the molecule is CC(C)(C)OC(=O)Nc1ccc(Cl)c(F)c1-c1ccc(C(Cc2ccccc2)C(=O)Nc2cc(F)ccc2N)nc1. The van der Waals surface area contributed by atoms with Crippen molar-refractivity contribution in [3.05, 3.63) is 107 Å². The van der Waals surface area contributed by atoms with Gasteiger partial charge < -0.3 is 15.8 Å². The number of ether oxygens (including phenoxy) is 1. The number of halogens is 3. The van der Waals surface area contributed by atoms with E-state index in [9.17, 15) is 14.0 Å². The molecule has 1 heterocycles. The Kier molecular flexibility index (Phi) is 8.88. The number of aromatic nitrogens is 1. The van der Waals surface area contributed by atoms with E-state index in [0.29, 0.717) is 11.3 Å². The standard InChI is InChI=1S/C31H29ClF2N4O3/c1-31(2,3)41-30(40)38-25-14-11-22(32)28(34)27(25)19-9-13-24(36-17-19)21(15-18-7-5-4-6-8-18)29(39)37-26-16-20(33)10-12-23(26)35/h4-14,16-17,21H,15,35H2,1-3H3,(H,37,39)(H,38,40). The Balaban J connectivity index is 1.68. The first-order chi connectivity index (χ1) is 19.4. The monoisotopic (exact) mass is 578 g/mol. The van der Waals surface area contributed by atoms with Crippen LogP contribution in [0.2, 0.25) is 5.02 Å². The largest absolute Gasteiger partial charge is 0.444 e. The number of amides is 2. The van der Waals surface area contributed by atoms with Gasteiger partial charge in [-0.25, -0.2) is 13.6 Å². The second-order valence-corrected chi connectivity index (χ2v) is 10.8. The quantitative estimate of drug-likeness (QED) is 0.196. The molecule has 1 atom stereocenters. The van der Waals surface area contributed by atoms with Crippen LogP contribution in [-0.4, -0.2) is 22.6 Å². The van der Waals surface area contributed by atoms with Gasteiger partial charge in [-0.15, -0.1) is 0 Å². The maximum Gasteiger partial charge on any atom is 0.412 e. The molecule has 0 radical (unpaired) electrons. The van der Waals surface area contributed by atoms with Crippen molar-refractivity contribution >= 4 is 40.7 Å². The minimum atomic E-state index is -0.794. The molecule has 212 valence electrons. The topological polar surface area (TPSA) is 106 Å². The van der Waals surface area contributed by atoms with Crippen molar-refractivity contribution in [1.82, 2.24) is 4.98 Å². The molecule has 0 aliphatic carbocycles. The van der Waals surface area contributed by atoms with Gasteiger partial charge in [-0.1, -0.05) is 48.0 Å². The molecule has 4 rings (SSSR count). The number of benzene rings is 3.